The molecular formula is C15H9Br3N2S. The minimum Gasteiger partial charge on any atom is -0.251 e. The maximum atomic E-state index is 4.78. The summed E-state index contributed by atoms with van der Waals surface area (Å²) in [5.41, 5.74) is 2.97. The zero-order valence-electron chi connectivity index (χ0n) is 10.9. The van der Waals surface area contributed by atoms with Crippen LogP contribution in [0.15, 0.2) is 49.9 Å². The van der Waals surface area contributed by atoms with Crippen molar-refractivity contribution in [3.63, 3.8) is 0 Å². The normalized spacial score (nSPS) is 10.9. The van der Waals surface area contributed by atoms with E-state index in [9.17, 15) is 0 Å². The molecule has 0 aliphatic heterocycles. The minimum absolute atomic E-state index is 0.865. The lowest BCUT2D eigenvalue weighted by Crippen LogP contribution is -1.86. The first-order chi connectivity index (χ1) is 10.1. The van der Waals surface area contributed by atoms with Gasteiger partial charge in [0, 0.05) is 30.1 Å². The van der Waals surface area contributed by atoms with Gasteiger partial charge < -0.3 is 0 Å². The maximum Gasteiger partial charge on any atom is 0.143 e. The fraction of sp³-hybridized carbons (Fsp3) is 0.0667. The van der Waals surface area contributed by atoms with Gasteiger partial charge in [0.25, 0.3) is 0 Å². The number of pyridine rings is 1. The lowest BCUT2D eigenvalue weighted by atomic mass is 10.1. The Morgan fingerprint density at radius 1 is 1.00 bits per heavy atom. The summed E-state index contributed by atoms with van der Waals surface area (Å²) < 4.78 is 2.93. The molecule has 0 fully saturated rings. The van der Waals surface area contributed by atoms with Gasteiger partial charge in [-0.15, -0.1) is 11.3 Å². The predicted octanol–water partition coefficient (Wildman–Crippen LogP) is 6.47. The van der Waals surface area contributed by atoms with Crippen molar-refractivity contribution >= 4 is 59.1 Å². The number of nitrogens with zero attached hydrogens (tertiary/aromatic N) is 2. The van der Waals surface area contributed by atoms with E-state index in [-0.39, 0.29) is 0 Å². The molecule has 0 unspecified atom stereocenters. The van der Waals surface area contributed by atoms with E-state index >= 15 is 0 Å². The second-order valence-electron chi connectivity index (χ2n) is 4.39. The van der Waals surface area contributed by atoms with Crippen LogP contribution in [0.1, 0.15) is 4.88 Å². The molecule has 21 heavy (non-hydrogen) atoms. The molecule has 0 atom stereocenters. The van der Waals surface area contributed by atoms with E-state index in [1.54, 1.807) is 17.5 Å². The molecule has 2 nitrogen and oxygen atoms in total. The molecule has 106 valence electrons. The lowest BCUT2D eigenvalue weighted by molar-refractivity contribution is 1.26. The van der Waals surface area contributed by atoms with Crippen molar-refractivity contribution in [1.82, 2.24) is 9.97 Å². The topological polar surface area (TPSA) is 25.8 Å². The van der Waals surface area contributed by atoms with E-state index < -0.39 is 0 Å². The van der Waals surface area contributed by atoms with E-state index in [4.69, 9.17) is 4.98 Å². The SMILES string of the molecule is Cc1sc(-c2ncc(Br)cc2Br)nc1-c1ccccc1Br. The van der Waals surface area contributed by atoms with Gasteiger partial charge in [0.05, 0.1) is 5.69 Å². The predicted molar refractivity (Wildman–Crippen MR) is 98.6 cm³/mol. The first kappa shape index (κ1) is 15.3. The van der Waals surface area contributed by atoms with Crippen molar-refractivity contribution in [2.45, 2.75) is 6.92 Å². The summed E-state index contributed by atoms with van der Waals surface area (Å²) in [5, 5.41) is 0.914. The zero-order valence-corrected chi connectivity index (χ0v) is 16.5. The summed E-state index contributed by atoms with van der Waals surface area (Å²) in [6.07, 6.45) is 1.79. The summed E-state index contributed by atoms with van der Waals surface area (Å²) in [5.74, 6) is 0. The van der Waals surface area contributed by atoms with Gasteiger partial charge in [-0.3, -0.25) is 4.98 Å². The molecular weight excluding hydrogens is 480 g/mol. The molecule has 0 saturated carbocycles. The van der Waals surface area contributed by atoms with E-state index in [1.807, 2.05) is 24.3 Å². The molecule has 6 heteroatoms. The first-order valence-corrected chi connectivity index (χ1v) is 9.29. The van der Waals surface area contributed by atoms with Crippen LogP contribution in [0, 0.1) is 6.92 Å². The Morgan fingerprint density at radius 2 is 1.76 bits per heavy atom. The van der Waals surface area contributed by atoms with Gasteiger partial charge in [0.1, 0.15) is 10.7 Å². The third-order valence-electron chi connectivity index (χ3n) is 2.94. The minimum atomic E-state index is 0.865. The van der Waals surface area contributed by atoms with Crippen molar-refractivity contribution in [1.29, 1.82) is 0 Å². The van der Waals surface area contributed by atoms with Crippen LogP contribution in [-0.2, 0) is 0 Å². The van der Waals surface area contributed by atoms with Gasteiger partial charge >= 0.3 is 0 Å². The van der Waals surface area contributed by atoms with Crippen LogP contribution in [-0.4, -0.2) is 9.97 Å². The molecule has 0 aliphatic rings. The number of hydrogen-bond donors (Lipinski definition) is 0. The third-order valence-corrected chi connectivity index (χ3v) is 5.64. The Morgan fingerprint density at radius 3 is 2.48 bits per heavy atom. The number of rotatable bonds is 2. The molecule has 0 bridgehead atoms. The summed E-state index contributed by atoms with van der Waals surface area (Å²) >= 11 is 12.2. The van der Waals surface area contributed by atoms with Crippen molar-refractivity contribution in [2.75, 3.05) is 0 Å². The fourth-order valence-corrected chi connectivity index (χ4v) is 4.69. The van der Waals surface area contributed by atoms with Gasteiger partial charge in [-0.25, -0.2) is 4.98 Å². The standard InChI is InChI=1S/C15H9Br3N2S/c1-8-13(10-4-2-3-5-11(10)17)20-15(21-8)14-12(18)6-9(16)7-19-14/h2-7H,1H3. The number of hydrogen-bond acceptors (Lipinski definition) is 3. The van der Waals surface area contributed by atoms with Gasteiger partial charge in [-0.2, -0.15) is 0 Å². The van der Waals surface area contributed by atoms with E-state index in [0.717, 1.165) is 35.4 Å². The van der Waals surface area contributed by atoms with Crippen molar-refractivity contribution in [2.24, 2.45) is 0 Å². The molecule has 0 spiro atoms. The summed E-state index contributed by atoms with van der Waals surface area (Å²) in [4.78, 5) is 10.4. The molecule has 0 radical (unpaired) electrons. The highest BCUT2D eigenvalue weighted by Crippen LogP contribution is 2.38. The van der Waals surface area contributed by atoms with Gasteiger partial charge in [-0.1, -0.05) is 34.1 Å². The number of benzene rings is 1. The Labute approximate surface area is 152 Å². The van der Waals surface area contributed by atoms with E-state index in [1.165, 1.54) is 4.88 Å². The smallest absolute Gasteiger partial charge is 0.143 e. The van der Waals surface area contributed by atoms with Crippen LogP contribution in [0.25, 0.3) is 22.0 Å². The number of aryl methyl sites for hydroxylation is 1. The summed E-state index contributed by atoms with van der Waals surface area (Å²) in [7, 11) is 0. The molecule has 3 aromatic rings. The quantitative estimate of drug-likeness (QED) is 0.413. The van der Waals surface area contributed by atoms with Crippen LogP contribution >= 0.6 is 59.1 Å². The van der Waals surface area contributed by atoms with E-state index in [2.05, 4.69) is 65.8 Å². The van der Waals surface area contributed by atoms with Crippen LogP contribution < -0.4 is 0 Å². The number of aromatic nitrogens is 2. The molecule has 2 heterocycles. The average Bonchev–Trinajstić information content (AvgIpc) is 2.81. The Hall–Kier alpha value is -0.560. The number of thiazole rings is 1. The summed E-state index contributed by atoms with van der Waals surface area (Å²) in [6.45, 7) is 2.09. The van der Waals surface area contributed by atoms with E-state index in [0.29, 0.717) is 0 Å². The van der Waals surface area contributed by atoms with Crippen molar-refractivity contribution < 1.29 is 0 Å². The lowest BCUT2D eigenvalue weighted by Gasteiger charge is -2.02. The Bertz CT molecular complexity index is 814. The van der Waals surface area contributed by atoms with Crippen LogP contribution in [0.2, 0.25) is 0 Å². The molecule has 0 aliphatic carbocycles. The zero-order chi connectivity index (χ0) is 15.0. The molecule has 0 N–H and O–H groups in total. The molecule has 0 amide bonds. The van der Waals surface area contributed by atoms with Crippen LogP contribution in [0.4, 0.5) is 0 Å². The first-order valence-electron chi connectivity index (χ1n) is 6.10. The molecule has 3 rings (SSSR count). The largest absolute Gasteiger partial charge is 0.251 e. The molecule has 0 saturated heterocycles. The highest BCUT2D eigenvalue weighted by atomic mass is 79.9. The highest BCUT2D eigenvalue weighted by Gasteiger charge is 2.16. The van der Waals surface area contributed by atoms with Gasteiger partial charge in [0.2, 0.25) is 0 Å². The number of halogens is 3. The Kier molecular flexibility index (Phi) is 4.59. The van der Waals surface area contributed by atoms with Gasteiger partial charge in [-0.05, 0) is 50.9 Å². The summed E-state index contributed by atoms with van der Waals surface area (Å²) in [6, 6.07) is 10.1. The molecule has 1 aromatic carbocycles. The van der Waals surface area contributed by atoms with Crippen molar-refractivity contribution in [3.05, 3.63) is 54.8 Å². The average molecular weight is 489 g/mol. The monoisotopic (exact) mass is 486 g/mol. The highest BCUT2D eigenvalue weighted by molar-refractivity contribution is 9.11. The van der Waals surface area contributed by atoms with Crippen molar-refractivity contribution in [3.8, 4) is 22.0 Å². The van der Waals surface area contributed by atoms with Gasteiger partial charge in [0.15, 0.2) is 0 Å². The Balaban J connectivity index is 2.12. The fourth-order valence-electron chi connectivity index (χ4n) is 1.97. The second kappa shape index (κ2) is 6.28. The van der Waals surface area contributed by atoms with Crippen LogP contribution in [0.5, 0.6) is 0 Å². The van der Waals surface area contributed by atoms with Crippen LogP contribution in [0.3, 0.4) is 0 Å². The maximum absolute atomic E-state index is 4.78. The second-order valence-corrected chi connectivity index (χ2v) is 8.22. The molecule has 2 aromatic heterocycles. The third kappa shape index (κ3) is 3.13.